The topological polar surface area (TPSA) is 87.4 Å². The van der Waals surface area contributed by atoms with Gasteiger partial charge in [-0.1, -0.05) is 0 Å². The first kappa shape index (κ1) is 16.8. The molecular formula is C18H24N6O2. The Morgan fingerprint density at radius 1 is 1.23 bits per heavy atom. The molecule has 2 aromatic rings. The lowest BCUT2D eigenvalue weighted by molar-refractivity contribution is 0.132. The van der Waals surface area contributed by atoms with Gasteiger partial charge in [0.05, 0.1) is 5.69 Å². The van der Waals surface area contributed by atoms with E-state index in [0.29, 0.717) is 19.1 Å². The first-order chi connectivity index (χ1) is 12.6. The Hall–Kier alpha value is -2.64. The second-order valence-electron chi connectivity index (χ2n) is 7.13. The van der Waals surface area contributed by atoms with E-state index < -0.39 is 6.09 Å². The van der Waals surface area contributed by atoms with Crippen LogP contribution in [0, 0.1) is 0 Å². The average molecular weight is 356 g/mol. The quantitative estimate of drug-likeness (QED) is 0.904. The first-order valence-electron chi connectivity index (χ1n) is 9.13. The molecule has 8 nitrogen and oxygen atoms in total. The van der Waals surface area contributed by atoms with Gasteiger partial charge in [0.2, 0.25) is 0 Å². The Labute approximate surface area is 152 Å². The fourth-order valence-electron chi connectivity index (χ4n) is 4.18. The summed E-state index contributed by atoms with van der Waals surface area (Å²) in [6.45, 7) is 1.15. The van der Waals surface area contributed by atoms with Crippen LogP contribution in [0.15, 0.2) is 12.3 Å². The minimum Gasteiger partial charge on any atom is -0.465 e. The van der Waals surface area contributed by atoms with Gasteiger partial charge in [-0.3, -0.25) is 4.68 Å². The maximum absolute atomic E-state index is 11.1. The molecule has 4 rings (SSSR count). The number of piperidine rings is 1. The van der Waals surface area contributed by atoms with Crippen LogP contribution in [-0.2, 0) is 19.9 Å². The summed E-state index contributed by atoms with van der Waals surface area (Å²) >= 11 is 0. The molecule has 1 fully saturated rings. The molecule has 0 aromatic carbocycles. The number of hydrogen-bond donors (Lipinski definition) is 1. The lowest BCUT2D eigenvalue weighted by Crippen LogP contribution is -2.45. The highest BCUT2D eigenvalue weighted by molar-refractivity contribution is 5.67. The third kappa shape index (κ3) is 2.79. The number of amides is 1. The summed E-state index contributed by atoms with van der Waals surface area (Å²) in [6, 6.07) is 2.28. The number of aromatic nitrogens is 4. The van der Waals surface area contributed by atoms with Crippen LogP contribution in [0.2, 0.25) is 0 Å². The first-order valence-corrected chi connectivity index (χ1v) is 9.13. The fraction of sp³-hybridized carbons (Fsp3) is 0.556. The average Bonchev–Trinajstić information content (AvgIpc) is 3.29. The normalized spacial score (nSPS) is 17.4. The van der Waals surface area contributed by atoms with Crippen molar-refractivity contribution >= 4 is 11.9 Å². The van der Waals surface area contributed by atoms with Crippen molar-refractivity contribution in [1.29, 1.82) is 0 Å². The predicted molar refractivity (Wildman–Crippen MR) is 97.3 cm³/mol. The largest absolute Gasteiger partial charge is 0.465 e. The lowest BCUT2D eigenvalue weighted by atomic mass is 10.0. The molecule has 2 aromatic heterocycles. The molecule has 26 heavy (non-hydrogen) atoms. The van der Waals surface area contributed by atoms with Gasteiger partial charge in [-0.05, 0) is 43.7 Å². The minimum atomic E-state index is -0.827. The number of rotatable bonds is 3. The molecule has 1 amide bonds. The van der Waals surface area contributed by atoms with Crippen LogP contribution < -0.4 is 4.90 Å². The molecule has 0 atom stereocenters. The van der Waals surface area contributed by atoms with Gasteiger partial charge in [-0.15, -0.1) is 10.2 Å². The molecule has 1 aliphatic heterocycles. The summed E-state index contributed by atoms with van der Waals surface area (Å²) in [5, 5.41) is 22.5. The van der Waals surface area contributed by atoms with Crippen LogP contribution in [-0.4, -0.2) is 62.3 Å². The number of anilines is 1. The Morgan fingerprint density at radius 2 is 1.96 bits per heavy atom. The SMILES string of the molecule is CN(c1nnc(-c2ccnn2C)c2c1CCC2)C1CCN(C(=O)O)CC1. The maximum atomic E-state index is 11.1. The number of hydrogen-bond acceptors (Lipinski definition) is 5. The monoisotopic (exact) mass is 356 g/mol. The Morgan fingerprint density at radius 3 is 2.62 bits per heavy atom. The van der Waals surface area contributed by atoms with Gasteiger partial charge < -0.3 is 14.9 Å². The van der Waals surface area contributed by atoms with E-state index in [0.717, 1.165) is 49.3 Å². The molecule has 0 saturated carbocycles. The van der Waals surface area contributed by atoms with Gasteiger partial charge >= 0.3 is 6.09 Å². The van der Waals surface area contributed by atoms with Gasteiger partial charge in [0.15, 0.2) is 5.82 Å². The molecule has 0 bridgehead atoms. The van der Waals surface area contributed by atoms with Crippen LogP contribution >= 0.6 is 0 Å². The van der Waals surface area contributed by atoms with Crippen LogP contribution in [0.4, 0.5) is 10.6 Å². The molecule has 0 radical (unpaired) electrons. The summed E-state index contributed by atoms with van der Waals surface area (Å²) in [4.78, 5) is 14.8. The van der Waals surface area contributed by atoms with E-state index in [1.54, 1.807) is 6.20 Å². The molecule has 2 aliphatic rings. The van der Waals surface area contributed by atoms with Gasteiger partial charge in [0.25, 0.3) is 0 Å². The van der Waals surface area contributed by atoms with E-state index in [1.165, 1.54) is 16.0 Å². The van der Waals surface area contributed by atoms with Crippen LogP contribution in [0.1, 0.15) is 30.4 Å². The smallest absolute Gasteiger partial charge is 0.407 e. The van der Waals surface area contributed by atoms with E-state index in [1.807, 2.05) is 17.8 Å². The zero-order chi connectivity index (χ0) is 18.3. The number of aryl methyl sites for hydroxylation is 1. The summed E-state index contributed by atoms with van der Waals surface area (Å²) in [7, 11) is 3.99. The lowest BCUT2D eigenvalue weighted by Gasteiger charge is -2.36. The Kier molecular flexibility index (Phi) is 4.26. The number of nitrogens with zero attached hydrogens (tertiary/aromatic N) is 6. The van der Waals surface area contributed by atoms with Crippen molar-refractivity contribution in [3.8, 4) is 11.4 Å². The van der Waals surface area contributed by atoms with E-state index in [9.17, 15) is 4.79 Å². The van der Waals surface area contributed by atoms with Gasteiger partial charge in [0, 0.05) is 45.0 Å². The summed E-state index contributed by atoms with van der Waals surface area (Å²) < 4.78 is 1.84. The zero-order valence-corrected chi connectivity index (χ0v) is 15.2. The molecule has 1 N–H and O–H groups in total. The standard InChI is InChI=1S/C18H24N6O2/c1-22(12-7-10-24(11-8-12)18(25)26)17-14-5-3-4-13(14)16(20-21-17)15-6-9-19-23(15)2/h6,9,12H,3-5,7-8,10-11H2,1-2H3,(H,25,26). The van der Waals surface area contributed by atoms with E-state index in [4.69, 9.17) is 5.11 Å². The van der Waals surface area contributed by atoms with Gasteiger partial charge in [-0.25, -0.2) is 4.79 Å². The second-order valence-corrected chi connectivity index (χ2v) is 7.13. The molecule has 1 saturated heterocycles. The number of carboxylic acid groups (broad SMARTS) is 1. The van der Waals surface area contributed by atoms with E-state index in [2.05, 4.69) is 27.2 Å². The third-order valence-corrected chi connectivity index (χ3v) is 5.70. The van der Waals surface area contributed by atoms with Crippen LogP contribution in [0.5, 0.6) is 0 Å². The number of fused-ring (bicyclic) bond motifs is 1. The highest BCUT2D eigenvalue weighted by Gasteiger charge is 2.30. The van der Waals surface area contributed by atoms with Crippen LogP contribution in [0.25, 0.3) is 11.4 Å². The second kappa shape index (κ2) is 6.59. The number of carbonyl (C=O) groups is 1. The Balaban J connectivity index is 1.61. The van der Waals surface area contributed by atoms with Crippen molar-refractivity contribution in [1.82, 2.24) is 24.9 Å². The zero-order valence-electron chi connectivity index (χ0n) is 15.2. The molecule has 1 aliphatic carbocycles. The minimum absolute atomic E-state index is 0.298. The molecule has 138 valence electrons. The summed E-state index contributed by atoms with van der Waals surface area (Å²) in [5.41, 5.74) is 4.52. The van der Waals surface area contributed by atoms with Crippen molar-refractivity contribution in [3.05, 3.63) is 23.4 Å². The third-order valence-electron chi connectivity index (χ3n) is 5.70. The van der Waals surface area contributed by atoms with Crippen LogP contribution in [0.3, 0.4) is 0 Å². The molecule has 0 spiro atoms. The van der Waals surface area contributed by atoms with E-state index in [-0.39, 0.29) is 0 Å². The van der Waals surface area contributed by atoms with Crippen molar-refractivity contribution in [2.45, 2.75) is 38.1 Å². The van der Waals surface area contributed by atoms with Gasteiger partial charge in [-0.2, -0.15) is 5.10 Å². The summed E-state index contributed by atoms with van der Waals surface area (Å²) in [5.74, 6) is 0.956. The van der Waals surface area contributed by atoms with E-state index >= 15 is 0 Å². The van der Waals surface area contributed by atoms with Gasteiger partial charge in [0.1, 0.15) is 5.69 Å². The molecule has 0 unspecified atom stereocenters. The van der Waals surface area contributed by atoms with Crippen molar-refractivity contribution < 1.29 is 9.90 Å². The summed E-state index contributed by atoms with van der Waals surface area (Å²) in [6.07, 6.45) is 5.76. The maximum Gasteiger partial charge on any atom is 0.407 e. The Bertz CT molecular complexity index is 825. The highest BCUT2D eigenvalue weighted by Crippen LogP contribution is 2.36. The highest BCUT2D eigenvalue weighted by atomic mass is 16.4. The van der Waals surface area contributed by atoms with Crippen molar-refractivity contribution in [3.63, 3.8) is 0 Å². The molecular weight excluding hydrogens is 332 g/mol. The van der Waals surface area contributed by atoms with Crippen molar-refractivity contribution in [2.75, 3.05) is 25.0 Å². The fourth-order valence-corrected chi connectivity index (χ4v) is 4.18. The predicted octanol–water partition coefficient (Wildman–Crippen LogP) is 1.94. The molecule has 8 heteroatoms. The van der Waals surface area contributed by atoms with Crippen molar-refractivity contribution in [2.24, 2.45) is 7.05 Å². The molecule has 3 heterocycles. The number of likely N-dealkylation sites (tertiary alicyclic amines) is 1.